The van der Waals surface area contributed by atoms with E-state index in [0.29, 0.717) is 21.9 Å². The zero-order valence-corrected chi connectivity index (χ0v) is 17.7. The van der Waals surface area contributed by atoms with Crippen LogP contribution in [0.15, 0.2) is 56.6 Å². The summed E-state index contributed by atoms with van der Waals surface area (Å²) in [4.78, 5) is 29.0. The standard InChI is InChI=1S/C20H17BrN2O4S/c1-12-17(13(2)27-23-12)11-28-19-16(4-3-9-22-19)20(25)26-10-18(24)14-5-7-15(21)8-6-14/h3-9H,10-11H2,1-2H3. The summed E-state index contributed by atoms with van der Waals surface area (Å²) in [6, 6.07) is 10.2. The normalized spacial score (nSPS) is 10.7. The number of ether oxygens (including phenoxy) is 1. The molecular weight excluding hydrogens is 444 g/mol. The Kier molecular flexibility index (Phi) is 6.64. The zero-order chi connectivity index (χ0) is 20.1. The number of aryl methyl sites for hydroxylation is 2. The molecule has 0 spiro atoms. The maximum atomic E-state index is 12.5. The third kappa shape index (κ3) is 4.88. The van der Waals surface area contributed by atoms with Gasteiger partial charge in [0.1, 0.15) is 10.8 Å². The lowest BCUT2D eigenvalue weighted by Gasteiger charge is -2.08. The van der Waals surface area contributed by atoms with E-state index in [2.05, 4.69) is 26.1 Å². The number of carbonyl (C=O) groups excluding carboxylic acids is 2. The van der Waals surface area contributed by atoms with Crippen LogP contribution in [0.25, 0.3) is 0 Å². The minimum atomic E-state index is -0.583. The van der Waals surface area contributed by atoms with Crippen LogP contribution in [-0.2, 0) is 10.5 Å². The van der Waals surface area contributed by atoms with Gasteiger partial charge in [0.2, 0.25) is 0 Å². The lowest BCUT2D eigenvalue weighted by Crippen LogP contribution is -2.15. The highest BCUT2D eigenvalue weighted by Gasteiger charge is 2.18. The van der Waals surface area contributed by atoms with Crippen molar-refractivity contribution in [3.8, 4) is 0 Å². The number of esters is 1. The smallest absolute Gasteiger partial charge is 0.341 e. The van der Waals surface area contributed by atoms with E-state index in [1.807, 2.05) is 13.8 Å². The fourth-order valence-electron chi connectivity index (χ4n) is 2.44. The Bertz CT molecular complexity index is 982. The van der Waals surface area contributed by atoms with Gasteiger partial charge in [0.15, 0.2) is 12.4 Å². The first-order valence-corrected chi connectivity index (χ1v) is 10.2. The second-order valence-electron chi connectivity index (χ2n) is 5.95. The van der Waals surface area contributed by atoms with Gasteiger partial charge in [-0.15, -0.1) is 11.8 Å². The Hall–Kier alpha value is -2.45. The van der Waals surface area contributed by atoms with Crippen molar-refractivity contribution >= 4 is 39.4 Å². The first-order valence-electron chi connectivity index (χ1n) is 8.41. The largest absolute Gasteiger partial charge is 0.454 e. The number of carbonyl (C=O) groups is 2. The predicted octanol–water partition coefficient (Wildman–Crippen LogP) is 4.78. The van der Waals surface area contributed by atoms with E-state index in [4.69, 9.17) is 9.26 Å². The number of aromatic nitrogens is 2. The Morgan fingerprint density at radius 1 is 1.18 bits per heavy atom. The van der Waals surface area contributed by atoms with Gasteiger partial charge in [-0.3, -0.25) is 4.79 Å². The Balaban J connectivity index is 1.65. The van der Waals surface area contributed by atoms with Crippen molar-refractivity contribution in [2.75, 3.05) is 6.61 Å². The molecule has 144 valence electrons. The second-order valence-corrected chi connectivity index (χ2v) is 7.83. The number of nitrogens with zero attached hydrogens (tertiary/aromatic N) is 2. The number of Topliss-reactive ketones (excluding diaryl/α,β-unsaturated/α-hetero) is 1. The van der Waals surface area contributed by atoms with Crippen molar-refractivity contribution in [2.45, 2.75) is 24.6 Å². The monoisotopic (exact) mass is 460 g/mol. The van der Waals surface area contributed by atoms with E-state index in [9.17, 15) is 9.59 Å². The molecule has 0 fully saturated rings. The number of benzene rings is 1. The van der Waals surface area contributed by atoms with Gasteiger partial charge in [0, 0.05) is 27.5 Å². The van der Waals surface area contributed by atoms with E-state index in [0.717, 1.165) is 21.5 Å². The third-order valence-corrected chi connectivity index (χ3v) is 5.59. The van der Waals surface area contributed by atoms with Gasteiger partial charge in [-0.2, -0.15) is 0 Å². The lowest BCUT2D eigenvalue weighted by atomic mass is 10.1. The maximum absolute atomic E-state index is 12.5. The molecule has 8 heteroatoms. The highest BCUT2D eigenvalue weighted by atomic mass is 79.9. The molecule has 0 atom stereocenters. The minimum Gasteiger partial charge on any atom is -0.454 e. The van der Waals surface area contributed by atoms with E-state index < -0.39 is 5.97 Å². The predicted molar refractivity (Wildman–Crippen MR) is 109 cm³/mol. The van der Waals surface area contributed by atoms with Gasteiger partial charge in [0.05, 0.1) is 11.3 Å². The summed E-state index contributed by atoms with van der Waals surface area (Å²) in [5.41, 5.74) is 2.59. The maximum Gasteiger partial charge on any atom is 0.341 e. The van der Waals surface area contributed by atoms with Crippen LogP contribution in [0.3, 0.4) is 0 Å². The number of pyridine rings is 1. The van der Waals surface area contributed by atoms with Gasteiger partial charge < -0.3 is 9.26 Å². The van der Waals surface area contributed by atoms with Crippen LogP contribution < -0.4 is 0 Å². The zero-order valence-electron chi connectivity index (χ0n) is 15.3. The summed E-state index contributed by atoms with van der Waals surface area (Å²) in [7, 11) is 0. The van der Waals surface area contributed by atoms with Crippen molar-refractivity contribution in [3.05, 3.63) is 75.2 Å². The van der Waals surface area contributed by atoms with Crippen molar-refractivity contribution < 1.29 is 18.8 Å². The summed E-state index contributed by atoms with van der Waals surface area (Å²) in [6.45, 7) is 3.38. The summed E-state index contributed by atoms with van der Waals surface area (Å²) in [6.07, 6.45) is 1.61. The highest BCUT2D eigenvalue weighted by Crippen LogP contribution is 2.27. The summed E-state index contributed by atoms with van der Waals surface area (Å²) in [5.74, 6) is 0.454. The number of ketones is 1. The molecule has 0 radical (unpaired) electrons. The SMILES string of the molecule is Cc1noc(C)c1CSc1ncccc1C(=O)OCC(=O)c1ccc(Br)cc1. The van der Waals surface area contributed by atoms with E-state index in [-0.39, 0.29) is 12.4 Å². The molecule has 2 aromatic heterocycles. The average molecular weight is 461 g/mol. The Morgan fingerprint density at radius 2 is 1.93 bits per heavy atom. The number of hydrogen-bond acceptors (Lipinski definition) is 7. The van der Waals surface area contributed by atoms with Gasteiger partial charge >= 0.3 is 5.97 Å². The molecule has 0 aliphatic heterocycles. The van der Waals surface area contributed by atoms with Crippen molar-refractivity contribution in [1.29, 1.82) is 0 Å². The number of rotatable bonds is 7. The minimum absolute atomic E-state index is 0.269. The molecule has 2 heterocycles. The topological polar surface area (TPSA) is 82.3 Å². The Labute approximate surface area is 174 Å². The first kappa shape index (κ1) is 20.3. The molecule has 3 aromatic rings. The van der Waals surface area contributed by atoms with E-state index in [1.54, 1.807) is 42.6 Å². The fraction of sp³-hybridized carbons (Fsp3) is 0.200. The molecule has 1 aromatic carbocycles. The van der Waals surface area contributed by atoms with Crippen LogP contribution in [0, 0.1) is 13.8 Å². The molecule has 0 amide bonds. The molecule has 28 heavy (non-hydrogen) atoms. The van der Waals surface area contributed by atoms with Crippen LogP contribution in [0.1, 0.15) is 37.7 Å². The van der Waals surface area contributed by atoms with Crippen LogP contribution in [0.5, 0.6) is 0 Å². The van der Waals surface area contributed by atoms with Gasteiger partial charge in [-0.05, 0) is 38.1 Å². The van der Waals surface area contributed by atoms with Crippen LogP contribution in [0.2, 0.25) is 0 Å². The first-order chi connectivity index (χ1) is 13.5. The van der Waals surface area contributed by atoms with Gasteiger partial charge in [-0.25, -0.2) is 9.78 Å². The quantitative estimate of drug-likeness (QED) is 0.285. The molecule has 0 aliphatic carbocycles. The van der Waals surface area contributed by atoms with Crippen LogP contribution in [0.4, 0.5) is 0 Å². The summed E-state index contributed by atoms with van der Waals surface area (Å²) < 4.78 is 11.2. The van der Waals surface area contributed by atoms with Gasteiger partial charge in [-0.1, -0.05) is 33.2 Å². The molecule has 0 bridgehead atoms. The summed E-state index contributed by atoms with van der Waals surface area (Å²) >= 11 is 4.71. The van der Waals surface area contributed by atoms with E-state index in [1.165, 1.54) is 11.8 Å². The lowest BCUT2D eigenvalue weighted by molar-refractivity contribution is 0.0470. The molecule has 3 rings (SSSR count). The Morgan fingerprint density at radius 3 is 2.61 bits per heavy atom. The van der Waals surface area contributed by atoms with Crippen molar-refractivity contribution in [1.82, 2.24) is 10.1 Å². The molecule has 6 nitrogen and oxygen atoms in total. The third-order valence-electron chi connectivity index (χ3n) is 4.03. The van der Waals surface area contributed by atoms with Crippen LogP contribution in [-0.4, -0.2) is 28.5 Å². The summed E-state index contributed by atoms with van der Waals surface area (Å²) in [5, 5.41) is 4.46. The number of hydrogen-bond donors (Lipinski definition) is 0. The molecule has 0 unspecified atom stereocenters. The van der Waals surface area contributed by atoms with Crippen molar-refractivity contribution in [2.24, 2.45) is 0 Å². The van der Waals surface area contributed by atoms with Gasteiger partial charge in [0.25, 0.3) is 0 Å². The fourth-order valence-corrected chi connectivity index (χ4v) is 3.84. The van der Waals surface area contributed by atoms with Crippen molar-refractivity contribution in [3.63, 3.8) is 0 Å². The highest BCUT2D eigenvalue weighted by molar-refractivity contribution is 9.10. The van der Waals surface area contributed by atoms with Crippen LogP contribution >= 0.6 is 27.7 Å². The second kappa shape index (κ2) is 9.16. The number of thioether (sulfide) groups is 1. The molecule has 0 N–H and O–H groups in total. The molecule has 0 aliphatic rings. The molecule has 0 saturated carbocycles. The van der Waals surface area contributed by atoms with E-state index >= 15 is 0 Å². The molecule has 0 saturated heterocycles. The number of halogens is 1. The molecular formula is C20H17BrN2O4S. The average Bonchev–Trinajstić information content (AvgIpc) is 3.02.